The van der Waals surface area contributed by atoms with Gasteiger partial charge in [0.25, 0.3) is 5.91 Å². The molecule has 1 atom stereocenters. The Kier molecular flexibility index (Phi) is 7.53. The zero-order chi connectivity index (χ0) is 21.7. The average Bonchev–Trinajstić information content (AvgIpc) is 3.12. The molecule has 160 valence electrons. The van der Waals surface area contributed by atoms with E-state index in [1.807, 2.05) is 24.3 Å². The number of hydrogen-bond donors (Lipinski definition) is 2. The summed E-state index contributed by atoms with van der Waals surface area (Å²) in [6.07, 6.45) is 4.56. The monoisotopic (exact) mass is 427 g/mol. The fourth-order valence-corrected chi connectivity index (χ4v) is 5.02. The highest BCUT2D eigenvalue weighted by atomic mass is 32.2. The third kappa shape index (κ3) is 5.41. The van der Waals surface area contributed by atoms with Crippen LogP contribution in [0.4, 0.5) is 0 Å². The van der Waals surface area contributed by atoms with Crippen LogP contribution in [0.5, 0.6) is 0 Å². The second-order valence-electron chi connectivity index (χ2n) is 7.78. The molecule has 0 spiro atoms. The molecular formula is C23H29N3O3S. The van der Waals surface area contributed by atoms with E-state index >= 15 is 0 Å². The minimum atomic E-state index is -1.01. The molecule has 1 aliphatic rings. The van der Waals surface area contributed by atoms with Gasteiger partial charge in [-0.1, -0.05) is 18.7 Å². The Labute approximate surface area is 180 Å². The smallest absolute Gasteiger partial charge is 0.287 e. The Balaban J connectivity index is 1.55. The Morgan fingerprint density at radius 2 is 2.03 bits per heavy atom. The van der Waals surface area contributed by atoms with Crippen LogP contribution in [0.3, 0.4) is 0 Å². The molecule has 7 heteroatoms. The number of amides is 1. The van der Waals surface area contributed by atoms with E-state index in [1.165, 1.54) is 6.08 Å². The van der Waals surface area contributed by atoms with Gasteiger partial charge in [0.05, 0.1) is 0 Å². The highest BCUT2D eigenvalue weighted by Gasteiger charge is 2.30. The minimum Gasteiger partial charge on any atom is -0.611 e. The Bertz CT molecular complexity index is 976. The van der Waals surface area contributed by atoms with Crippen LogP contribution in [0, 0.1) is 5.41 Å². The Morgan fingerprint density at radius 3 is 2.63 bits per heavy atom. The molecule has 0 aliphatic carbocycles. The van der Waals surface area contributed by atoms with Crippen molar-refractivity contribution in [1.29, 1.82) is 5.41 Å². The van der Waals surface area contributed by atoms with E-state index in [9.17, 15) is 9.35 Å². The van der Waals surface area contributed by atoms with Crippen LogP contribution in [0.1, 0.15) is 42.8 Å². The van der Waals surface area contributed by atoms with Crippen molar-refractivity contribution in [2.45, 2.75) is 49.4 Å². The summed E-state index contributed by atoms with van der Waals surface area (Å²) in [6, 6.07) is 9.70. The Hall–Kier alpha value is -2.35. The lowest BCUT2D eigenvalue weighted by atomic mass is 10.1. The van der Waals surface area contributed by atoms with Crippen molar-refractivity contribution < 1.29 is 13.8 Å². The number of furan rings is 1. The first-order chi connectivity index (χ1) is 14.4. The van der Waals surface area contributed by atoms with Gasteiger partial charge in [0, 0.05) is 50.0 Å². The second-order valence-corrected chi connectivity index (χ2v) is 9.51. The van der Waals surface area contributed by atoms with E-state index in [0.29, 0.717) is 23.2 Å². The summed E-state index contributed by atoms with van der Waals surface area (Å²) >= 11 is -1.01. The van der Waals surface area contributed by atoms with Gasteiger partial charge in [-0.15, -0.1) is 0 Å². The summed E-state index contributed by atoms with van der Waals surface area (Å²) in [5, 5.41) is 10.7. The van der Waals surface area contributed by atoms with E-state index in [2.05, 4.69) is 30.6 Å². The first-order valence-corrected chi connectivity index (χ1v) is 11.4. The largest absolute Gasteiger partial charge is 0.611 e. The van der Waals surface area contributed by atoms with Gasteiger partial charge in [0.15, 0.2) is 10.7 Å². The summed E-state index contributed by atoms with van der Waals surface area (Å²) in [6.45, 7) is 10.5. The molecule has 6 nitrogen and oxygen atoms in total. The SMILES string of the molecule is C=c1oc(C(=O)NCc2ccc([S+]([O-])C3CCN(C(C)C)CC3)cc2)c/c1=C/C=N. The summed E-state index contributed by atoms with van der Waals surface area (Å²) in [5.41, 5.74) is 1.28. The molecular weight excluding hydrogens is 398 g/mol. The van der Waals surface area contributed by atoms with Crippen LogP contribution in [0.2, 0.25) is 0 Å². The lowest BCUT2D eigenvalue weighted by molar-refractivity contribution is 0.0921. The normalized spacial score (nSPS) is 17.3. The van der Waals surface area contributed by atoms with E-state index < -0.39 is 11.2 Å². The predicted octanol–water partition coefficient (Wildman–Crippen LogP) is 2.03. The third-order valence-electron chi connectivity index (χ3n) is 5.45. The molecule has 3 rings (SSSR count). The van der Waals surface area contributed by atoms with Crippen LogP contribution in [-0.2, 0) is 17.7 Å². The topological polar surface area (TPSA) is 92.4 Å². The summed E-state index contributed by atoms with van der Waals surface area (Å²) < 4.78 is 18.3. The van der Waals surface area contributed by atoms with Crippen LogP contribution in [0.15, 0.2) is 39.6 Å². The molecule has 1 amide bonds. The molecule has 2 heterocycles. The molecule has 30 heavy (non-hydrogen) atoms. The lowest BCUT2D eigenvalue weighted by Crippen LogP contribution is -2.42. The lowest BCUT2D eigenvalue weighted by Gasteiger charge is -2.34. The average molecular weight is 428 g/mol. The van der Waals surface area contributed by atoms with Crippen molar-refractivity contribution in [2.75, 3.05) is 13.1 Å². The van der Waals surface area contributed by atoms with E-state index in [0.717, 1.165) is 42.6 Å². The molecule has 1 fully saturated rings. The van der Waals surface area contributed by atoms with Gasteiger partial charge in [-0.05, 0) is 54.9 Å². The number of nitrogens with one attached hydrogen (secondary N) is 2. The highest BCUT2D eigenvalue weighted by molar-refractivity contribution is 7.92. The van der Waals surface area contributed by atoms with Gasteiger partial charge in [-0.2, -0.15) is 0 Å². The molecule has 1 saturated heterocycles. The van der Waals surface area contributed by atoms with Gasteiger partial charge in [0.1, 0.15) is 10.7 Å². The second kappa shape index (κ2) is 10.1. The molecule has 1 aromatic heterocycles. The van der Waals surface area contributed by atoms with E-state index in [-0.39, 0.29) is 16.9 Å². The Morgan fingerprint density at radius 1 is 1.37 bits per heavy atom. The van der Waals surface area contributed by atoms with Crippen molar-refractivity contribution in [3.8, 4) is 0 Å². The number of rotatable bonds is 7. The van der Waals surface area contributed by atoms with Crippen LogP contribution >= 0.6 is 0 Å². The van der Waals surface area contributed by atoms with Crippen molar-refractivity contribution in [2.24, 2.45) is 0 Å². The predicted molar refractivity (Wildman–Crippen MR) is 120 cm³/mol. The highest BCUT2D eigenvalue weighted by Crippen LogP contribution is 2.25. The minimum absolute atomic E-state index is 0.165. The summed E-state index contributed by atoms with van der Waals surface area (Å²) in [7, 11) is 0. The molecule has 1 aromatic carbocycles. The zero-order valence-corrected chi connectivity index (χ0v) is 18.3. The third-order valence-corrected chi connectivity index (χ3v) is 7.26. The first-order valence-electron chi connectivity index (χ1n) is 10.2. The number of hydrogen-bond acceptors (Lipinski definition) is 5. The molecule has 0 bridgehead atoms. The van der Waals surface area contributed by atoms with Crippen LogP contribution < -0.4 is 16.0 Å². The van der Waals surface area contributed by atoms with Crippen molar-refractivity contribution in [1.82, 2.24) is 10.2 Å². The van der Waals surface area contributed by atoms with Gasteiger partial charge >= 0.3 is 0 Å². The van der Waals surface area contributed by atoms with Gasteiger partial charge in [-0.3, -0.25) is 4.79 Å². The molecule has 0 radical (unpaired) electrons. The summed E-state index contributed by atoms with van der Waals surface area (Å²) in [5.74, 6) is -0.173. The maximum Gasteiger partial charge on any atom is 0.287 e. The molecule has 2 aromatic rings. The van der Waals surface area contributed by atoms with Crippen LogP contribution in [-0.4, -0.2) is 46.0 Å². The summed E-state index contributed by atoms with van der Waals surface area (Å²) in [4.78, 5) is 15.6. The van der Waals surface area contributed by atoms with Gasteiger partial charge < -0.3 is 24.6 Å². The maximum absolute atomic E-state index is 12.9. The fraction of sp³-hybridized carbons (Fsp3) is 0.391. The molecule has 0 saturated carbocycles. The zero-order valence-electron chi connectivity index (χ0n) is 17.5. The number of piperidine rings is 1. The van der Waals surface area contributed by atoms with Gasteiger partial charge in [0.2, 0.25) is 0 Å². The number of carbonyl (C=O) groups is 1. The van der Waals surface area contributed by atoms with Gasteiger partial charge in [-0.25, -0.2) is 0 Å². The number of benzene rings is 1. The fourth-order valence-electron chi connectivity index (χ4n) is 3.60. The van der Waals surface area contributed by atoms with Crippen molar-refractivity contribution in [3.63, 3.8) is 0 Å². The number of likely N-dealkylation sites (tertiary alicyclic amines) is 1. The first kappa shape index (κ1) is 22.3. The number of nitrogens with zero attached hydrogens (tertiary/aromatic N) is 1. The van der Waals surface area contributed by atoms with Crippen molar-refractivity contribution in [3.05, 3.63) is 52.3 Å². The molecule has 1 unspecified atom stereocenters. The number of carbonyl (C=O) groups excluding carboxylic acids is 1. The molecule has 1 aliphatic heterocycles. The standard InChI is InChI=1S/C23H29N3O3S/c1-16(2)26-12-9-21(10-13-26)30(28)20-6-4-18(5-7-20)15-25-23(27)22-14-19(8-11-24)17(3)29-22/h4-8,11,14,16,21,24H,3,9-10,12-13,15H2,1-2H3,(H,25,27)/b19-8-,24-11?. The quantitative estimate of drug-likeness (QED) is 0.522. The molecule has 2 N–H and O–H groups in total. The van der Waals surface area contributed by atoms with Crippen molar-refractivity contribution >= 4 is 36.0 Å². The maximum atomic E-state index is 12.9. The van der Waals surface area contributed by atoms with E-state index in [1.54, 1.807) is 6.07 Å². The van der Waals surface area contributed by atoms with Crippen LogP contribution in [0.25, 0.3) is 12.7 Å². The van der Waals surface area contributed by atoms with E-state index in [4.69, 9.17) is 9.83 Å².